The van der Waals surface area contributed by atoms with Crippen LogP contribution in [0.15, 0.2) is 47.3 Å². The summed E-state index contributed by atoms with van der Waals surface area (Å²) in [5, 5.41) is 8.07. The molecule has 216 valence electrons. The number of anilines is 5. The van der Waals surface area contributed by atoms with Crippen molar-refractivity contribution in [1.29, 1.82) is 0 Å². The van der Waals surface area contributed by atoms with Gasteiger partial charge in [0.05, 0.1) is 28.3 Å². The molecular weight excluding hydrogens is 599 g/mol. The lowest BCUT2D eigenvalue weighted by atomic mass is 10.1. The van der Waals surface area contributed by atoms with Gasteiger partial charge in [-0.15, -0.1) is 0 Å². The summed E-state index contributed by atoms with van der Waals surface area (Å²) in [6.45, 7) is 14.2. The topological polar surface area (TPSA) is 91.3 Å². The molecule has 0 aliphatic carbocycles. The Balaban J connectivity index is 1.37. The van der Waals surface area contributed by atoms with E-state index in [9.17, 15) is 0 Å². The Kier molecular flexibility index (Phi) is 9.53. The van der Waals surface area contributed by atoms with E-state index in [2.05, 4.69) is 90.6 Å². The smallest absolute Gasteiger partial charge is 0.229 e. The first-order valence-electron chi connectivity index (χ1n) is 14.0. The molecule has 41 heavy (non-hydrogen) atoms. The second kappa shape index (κ2) is 13.3. The van der Waals surface area contributed by atoms with Gasteiger partial charge in [0, 0.05) is 67.5 Å². The molecule has 1 aliphatic heterocycles. The molecular formula is C30H38BrN8OP. The Hall–Kier alpha value is -3.07. The van der Waals surface area contributed by atoms with Gasteiger partial charge in [0.2, 0.25) is 5.95 Å². The van der Waals surface area contributed by atoms with E-state index in [0.717, 1.165) is 64.1 Å². The molecule has 2 aromatic carbocycles. The Labute approximate surface area is 252 Å². The zero-order valence-electron chi connectivity index (χ0n) is 24.4. The van der Waals surface area contributed by atoms with Crippen LogP contribution in [0.4, 0.5) is 28.8 Å². The molecule has 0 radical (unpaired) electrons. The van der Waals surface area contributed by atoms with Crippen molar-refractivity contribution in [3.05, 3.63) is 52.9 Å². The summed E-state index contributed by atoms with van der Waals surface area (Å²) in [5.41, 5.74) is 6.00. The van der Waals surface area contributed by atoms with Crippen LogP contribution in [-0.2, 0) is 0 Å². The van der Waals surface area contributed by atoms with Crippen molar-refractivity contribution in [2.45, 2.75) is 26.7 Å². The number of piperazine rings is 1. The number of unbranched alkanes of at least 4 members (excludes halogenated alkanes) is 1. The molecule has 0 atom stereocenters. The highest BCUT2D eigenvalue weighted by molar-refractivity contribution is 9.10. The van der Waals surface area contributed by atoms with Crippen molar-refractivity contribution >= 4 is 69.0 Å². The third kappa shape index (κ3) is 6.71. The number of benzene rings is 2. The van der Waals surface area contributed by atoms with E-state index in [-0.39, 0.29) is 0 Å². The molecule has 0 amide bonds. The standard InChI is InChI=1S/C30H38BrN8OP/c1-6-7-12-38-13-15-39(16-14-38)25-18-26(40-3)24(17-20(25)2)36-30-34-19-21(31)29(37-30)35-23-9-8-22-27(28(23)41(4)5)33-11-10-32-22/h8-11,17-19H,6-7,12-16H2,1-5H3,(H2,34,35,36,37). The average Bonchev–Trinajstić information content (AvgIpc) is 2.98. The molecule has 0 spiro atoms. The van der Waals surface area contributed by atoms with Crippen LogP contribution < -0.4 is 25.6 Å². The molecule has 0 bridgehead atoms. The fourth-order valence-corrected chi connectivity index (χ4v) is 6.72. The number of nitrogens with zero attached hydrogens (tertiary/aromatic N) is 6. The first-order chi connectivity index (χ1) is 19.9. The summed E-state index contributed by atoms with van der Waals surface area (Å²) < 4.78 is 6.59. The van der Waals surface area contributed by atoms with Gasteiger partial charge >= 0.3 is 0 Å². The second-order valence-corrected chi connectivity index (χ2v) is 13.5. The summed E-state index contributed by atoms with van der Waals surface area (Å²) in [6.07, 6.45) is 7.72. The number of halogens is 1. The van der Waals surface area contributed by atoms with E-state index < -0.39 is 7.92 Å². The number of nitrogens with one attached hydrogen (secondary N) is 2. The van der Waals surface area contributed by atoms with E-state index in [1.165, 1.54) is 30.6 Å². The number of ether oxygens (including phenoxy) is 1. The fourth-order valence-electron chi connectivity index (χ4n) is 5.22. The van der Waals surface area contributed by atoms with Crippen molar-refractivity contribution in [3.63, 3.8) is 0 Å². The molecule has 0 unspecified atom stereocenters. The molecule has 1 fully saturated rings. The number of hydrogen-bond donors (Lipinski definition) is 2. The zero-order valence-corrected chi connectivity index (χ0v) is 26.9. The molecule has 4 aromatic rings. The minimum absolute atomic E-state index is 0.457. The number of methoxy groups -OCH3 is 1. The van der Waals surface area contributed by atoms with E-state index in [4.69, 9.17) is 9.72 Å². The van der Waals surface area contributed by atoms with Gasteiger partial charge in [-0.05, 0) is 72.9 Å². The summed E-state index contributed by atoms with van der Waals surface area (Å²) in [6, 6.07) is 8.29. The van der Waals surface area contributed by atoms with Crippen LogP contribution in [0, 0.1) is 6.92 Å². The number of hydrogen-bond acceptors (Lipinski definition) is 9. The summed E-state index contributed by atoms with van der Waals surface area (Å²) in [5.74, 6) is 1.90. The SMILES string of the molecule is CCCCN1CCN(c2cc(OC)c(Nc3ncc(Br)c(Nc4ccc5nccnc5c4P(C)C)n3)cc2C)CC1. The molecule has 5 rings (SSSR count). The molecule has 1 aliphatic rings. The molecule has 11 heteroatoms. The second-order valence-electron chi connectivity index (χ2n) is 10.4. The van der Waals surface area contributed by atoms with E-state index in [0.29, 0.717) is 11.8 Å². The monoisotopic (exact) mass is 636 g/mol. The maximum absolute atomic E-state index is 5.82. The zero-order chi connectivity index (χ0) is 28.9. The van der Waals surface area contributed by atoms with Gasteiger partial charge in [-0.25, -0.2) is 4.98 Å². The lowest BCUT2D eigenvalue weighted by molar-refractivity contribution is 0.254. The molecule has 9 nitrogen and oxygen atoms in total. The first kappa shape index (κ1) is 29.4. The quantitative estimate of drug-likeness (QED) is 0.195. The highest BCUT2D eigenvalue weighted by Gasteiger charge is 2.21. The maximum Gasteiger partial charge on any atom is 0.229 e. The third-order valence-corrected chi connectivity index (χ3v) is 9.29. The third-order valence-electron chi connectivity index (χ3n) is 7.36. The number of fused-ring (bicyclic) bond motifs is 1. The van der Waals surface area contributed by atoms with Gasteiger partial charge in [-0.3, -0.25) is 14.9 Å². The summed E-state index contributed by atoms with van der Waals surface area (Å²) >= 11 is 3.62. The molecule has 2 N–H and O–H groups in total. The molecule has 2 aromatic heterocycles. The van der Waals surface area contributed by atoms with Crippen molar-refractivity contribution in [2.24, 2.45) is 0 Å². The molecule has 3 heterocycles. The Bertz CT molecular complexity index is 1510. The number of aromatic nitrogens is 4. The summed E-state index contributed by atoms with van der Waals surface area (Å²) in [4.78, 5) is 23.5. The highest BCUT2D eigenvalue weighted by atomic mass is 79.9. The van der Waals surface area contributed by atoms with Gasteiger partial charge in [0.15, 0.2) is 0 Å². The van der Waals surface area contributed by atoms with Crippen LogP contribution in [0.5, 0.6) is 5.75 Å². The minimum Gasteiger partial charge on any atom is -0.494 e. The van der Waals surface area contributed by atoms with Crippen LogP contribution in [0.1, 0.15) is 25.3 Å². The van der Waals surface area contributed by atoms with Crippen LogP contribution in [0.3, 0.4) is 0 Å². The van der Waals surface area contributed by atoms with E-state index >= 15 is 0 Å². The minimum atomic E-state index is -0.457. The van der Waals surface area contributed by atoms with Gasteiger partial charge in [-0.2, -0.15) is 4.98 Å². The Morgan fingerprint density at radius 2 is 1.78 bits per heavy atom. The van der Waals surface area contributed by atoms with Crippen LogP contribution in [0.2, 0.25) is 0 Å². The van der Waals surface area contributed by atoms with E-state index in [1.807, 2.05) is 12.1 Å². The van der Waals surface area contributed by atoms with Crippen molar-refractivity contribution in [1.82, 2.24) is 24.8 Å². The van der Waals surface area contributed by atoms with Gasteiger partial charge < -0.3 is 20.3 Å². The lowest BCUT2D eigenvalue weighted by Crippen LogP contribution is -2.46. The largest absolute Gasteiger partial charge is 0.494 e. The van der Waals surface area contributed by atoms with Crippen molar-refractivity contribution in [2.75, 3.05) is 68.7 Å². The normalized spacial score (nSPS) is 14.1. The lowest BCUT2D eigenvalue weighted by Gasteiger charge is -2.37. The molecule has 1 saturated heterocycles. The highest BCUT2D eigenvalue weighted by Crippen LogP contribution is 2.37. The Morgan fingerprint density at radius 1 is 1.00 bits per heavy atom. The van der Waals surface area contributed by atoms with Gasteiger partial charge in [0.1, 0.15) is 11.6 Å². The summed E-state index contributed by atoms with van der Waals surface area (Å²) in [7, 11) is 1.25. The van der Waals surface area contributed by atoms with Gasteiger partial charge in [-0.1, -0.05) is 21.3 Å². The average molecular weight is 638 g/mol. The van der Waals surface area contributed by atoms with Crippen LogP contribution in [-0.4, -0.2) is 78.0 Å². The van der Waals surface area contributed by atoms with Crippen molar-refractivity contribution in [3.8, 4) is 5.75 Å². The fraction of sp³-hybridized carbons (Fsp3) is 0.400. The number of rotatable bonds is 10. The first-order valence-corrected chi connectivity index (χ1v) is 17.0. The maximum atomic E-state index is 5.82. The number of aryl methyl sites for hydroxylation is 1. The van der Waals surface area contributed by atoms with Gasteiger partial charge in [0.25, 0.3) is 0 Å². The Morgan fingerprint density at radius 3 is 2.51 bits per heavy atom. The molecule has 0 saturated carbocycles. The predicted molar refractivity (Wildman–Crippen MR) is 176 cm³/mol. The van der Waals surface area contributed by atoms with Crippen LogP contribution in [0.25, 0.3) is 11.0 Å². The van der Waals surface area contributed by atoms with E-state index in [1.54, 1.807) is 25.7 Å². The van der Waals surface area contributed by atoms with Crippen molar-refractivity contribution < 1.29 is 4.74 Å². The van der Waals surface area contributed by atoms with Crippen LogP contribution >= 0.6 is 23.9 Å². The predicted octanol–water partition coefficient (Wildman–Crippen LogP) is 6.28.